The highest BCUT2D eigenvalue weighted by atomic mass is 16.6. The molecule has 0 atom stereocenters. The lowest BCUT2D eigenvalue weighted by Crippen LogP contribution is -2.33. The van der Waals surface area contributed by atoms with E-state index in [1.165, 1.54) is 12.1 Å². The molecule has 1 N–H and O–H groups in total. The first-order chi connectivity index (χ1) is 14.7. The standard InChI is InChI=1S/C24H19NO5/c26-14-16-7-1-6-12-22(16)30-23(27)13-25-24(28)29-15-21-19-10-4-2-8-17(19)18-9-3-5-11-20(18)21/h1-12,14,21H,13,15H2,(H,25,28). The number of hydrogen-bond acceptors (Lipinski definition) is 5. The van der Waals surface area contributed by atoms with Crippen molar-refractivity contribution in [2.24, 2.45) is 0 Å². The van der Waals surface area contributed by atoms with Gasteiger partial charge in [-0.25, -0.2) is 9.59 Å². The number of esters is 1. The zero-order valence-electron chi connectivity index (χ0n) is 16.0. The first kappa shape index (κ1) is 19.4. The number of rotatable bonds is 6. The number of carbonyl (C=O) groups excluding carboxylic acids is 3. The Morgan fingerprint density at radius 2 is 1.47 bits per heavy atom. The van der Waals surface area contributed by atoms with Gasteiger partial charge in [0.15, 0.2) is 6.29 Å². The van der Waals surface area contributed by atoms with Crippen LogP contribution in [0, 0.1) is 0 Å². The fourth-order valence-corrected chi connectivity index (χ4v) is 3.62. The largest absolute Gasteiger partial charge is 0.449 e. The van der Waals surface area contributed by atoms with Crippen LogP contribution in [0.4, 0.5) is 4.79 Å². The third-order valence-corrected chi connectivity index (χ3v) is 4.99. The van der Waals surface area contributed by atoms with Gasteiger partial charge in [-0.2, -0.15) is 0 Å². The van der Waals surface area contributed by atoms with Crippen LogP contribution in [0.1, 0.15) is 27.4 Å². The maximum atomic E-state index is 12.1. The van der Waals surface area contributed by atoms with Crippen LogP contribution in [0.25, 0.3) is 11.1 Å². The van der Waals surface area contributed by atoms with Crippen molar-refractivity contribution in [2.45, 2.75) is 5.92 Å². The van der Waals surface area contributed by atoms with Gasteiger partial charge in [0.25, 0.3) is 0 Å². The smallest absolute Gasteiger partial charge is 0.407 e. The number of hydrogen-bond donors (Lipinski definition) is 1. The minimum atomic E-state index is -0.711. The van der Waals surface area contributed by atoms with Gasteiger partial charge >= 0.3 is 12.1 Å². The van der Waals surface area contributed by atoms with Crippen molar-refractivity contribution in [2.75, 3.05) is 13.2 Å². The first-order valence-corrected chi connectivity index (χ1v) is 9.51. The van der Waals surface area contributed by atoms with Gasteiger partial charge < -0.3 is 14.8 Å². The second-order valence-corrected chi connectivity index (χ2v) is 6.81. The van der Waals surface area contributed by atoms with Crippen molar-refractivity contribution < 1.29 is 23.9 Å². The van der Waals surface area contributed by atoms with E-state index in [0.717, 1.165) is 22.3 Å². The minimum Gasteiger partial charge on any atom is -0.449 e. The van der Waals surface area contributed by atoms with Gasteiger partial charge in [-0.1, -0.05) is 60.7 Å². The van der Waals surface area contributed by atoms with Gasteiger partial charge in [0.05, 0.1) is 5.56 Å². The van der Waals surface area contributed by atoms with E-state index < -0.39 is 12.1 Å². The molecule has 0 saturated heterocycles. The highest BCUT2D eigenvalue weighted by molar-refractivity contribution is 5.84. The number of amides is 1. The molecule has 4 rings (SSSR count). The maximum absolute atomic E-state index is 12.1. The van der Waals surface area contributed by atoms with Crippen LogP contribution in [0.2, 0.25) is 0 Å². The topological polar surface area (TPSA) is 81.7 Å². The average Bonchev–Trinajstić information content (AvgIpc) is 3.10. The van der Waals surface area contributed by atoms with E-state index in [1.54, 1.807) is 12.1 Å². The number of fused-ring (bicyclic) bond motifs is 3. The van der Waals surface area contributed by atoms with E-state index >= 15 is 0 Å². The summed E-state index contributed by atoms with van der Waals surface area (Å²) in [4.78, 5) is 35.1. The van der Waals surface area contributed by atoms with Crippen LogP contribution in [0.3, 0.4) is 0 Å². The molecule has 0 saturated carbocycles. The van der Waals surface area contributed by atoms with Gasteiger partial charge in [0, 0.05) is 5.92 Å². The van der Waals surface area contributed by atoms with Crippen molar-refractivity contribution >= 4 is 18.3 Å². The van der Waals surface area contributed by atoms with Crippen LogP contribution in [-0.4, -0.2) is 31.5 Å². The normalized spacial score (nSPS) is 11.9. The molecule has 0 unspecified atom stereocenters. The molecule has 0 radical (unpaired) electrons. The molecule has 0 spiro atoms. The molecule has 6 heteroatoms. The highest BCUT2D eigenvalue weighted by Crippen LogP contribution is 2.44. The molecule has 3 aromatic rings. The summed E-state index contributed by atoms with van der Waals surface area (Å²) < 4.78 is 10.5. The van der Waals surface area contributed by atoms with Gasteiger partial charge in [-0.15, -0.1) is 0 Å². The summed E-state index contributed by atoms with van der Waals surface area (Å²) in [5.74, 6) is -0.612. The van der Waals surface area contributed by atoms with Crippen LogP contribution in [0.5, 0.6) is 5.75 Å². The summed E-state index contributed by atoms with van der Waals surface area (Å²) in [6, 6.07) is 22.4. The molecule has 30 heavy (non-hydrogen) atoms. The van der Waals surface area contributed by atoms with Crippen LogP contribution >= 0.6 is 0 Å². The quantitative estimate of drug-likeness (QED) is 0.384. The molecule has 0 bridgehead atoms. The zero-order chi connectivity index (χ0) is 20.9. The second kappa shape index (κ2) is 8.61. The molecule has 150 valence electrons. The highest BCUT2D eigenvalue weighted by Gasteiger charge is 2.29. The molecular weight excluding hydrogens is 382 g/mol. The number of nitrogens with one attached hydrogen (secondary N) is 1. The number of benzene rings is 3. The Balaban J connectivity index is 1.33. The predicted molar refractivity (Wildman–Crippen MR) is 111 cm³/mol. The van der Waals surface area contributed by atoms with E-state index in [-0.39, 0.29) is 30.4 Å². The van der Waals surface area contributed by atoms with E-state index in [0.29, 0.717) is 6.29 Å². The molecule has 1 amide bonds. The summed E-state index contributed by atoms with van der Waals surface area (Å²) in [6.07, 6.45) is -0.112. The van der Waals surface area contributed by atoms with E-state index in [2.05, 4.69) is 17.4 Å². The molecule has 0 heterocycles. The van der Waals surface area contributed by atoms with Crippen molar-refractivity contribution in [1.29, 1.82) is 0 Å². The van der Waals surface area contributed by atoms with Gasteiger partial charge in [0.2, 0.25) is 0 Å². The number of para-hydroxylation sites is 1. The van der Waals surface area contributed by atoms with Crippen molar-refractivity contribution in [3.05, 3.63) is 89.5 Å². The molecule has 1 aliphatic carbocycles. The van der Waals surface area contributed by atoms with Crippen molar-refractivity contribution in [1.82, 2.24) is 5.32 Å². The monoisotopic (exact) mass is 401 g/mol. The Bertz CT molecular complexity index is 1060. The Morgan fingerprint density at radius 3 is 2.13 bits per heavy atom. The van der Waals surface area contributed by atoms with Crippen molar-refractivity contribution in [3.8, 4) is 16.9 Å². The van der Waals surface area contributed by atoms with E-state index in [9.17, 15) is 14.4 Å². The fraction of sp³-hybridized carbons (Fsp3) is 0.125. The lowest BCUT2D eigenvalue weighted by Gasteiger charge is -2.14. The third-order valence-electron chi connectivity index (χ3n) is 4.99. The molecule has 0 fully saturated rings. The van der Waals surface area contributed by atoms with Gasteiger partial charge in [0.1, 0.15) is 18.9 Å². The summed E-state index contributed by atoms with van der Waals surface area (Å²) in [6.45, 7) is -0.216. The number of ether oxygens (including phenoxy) is 2. The fourth-order valence-electron chi connectivity index (χ4n) is 3.62. The molecule has 1 aliphatic rings. The third kappa shape index (κ3) is 3.93. The lowest BCUT2D eigenvalue weighted by molar-refractivity contribution is -0.133. The van der Waals surface area contributed by atoms with E-state index in [4.69, 9.17) is 9.47 Å². The number of carbonyl (C=O) groups is 3. The Hall–Kier alpha value is -3.93. The first-order valence-electron chi connectivity index (χ1n) is 9.51. The number of alkyl carbamates (subject to hydrolysis) is 1. The average molecular weight is 401 g/mol. The maximum Gasteiger partial charge on any atom is 0.407 e. The second-order valence-electron chi connectivity index (χ2n) is 6.81. The Labute approximate surface area is 173 Å². The summed E-state index contributed by atoms with van der Waals surface area (Å²) in [7, 11) is 0. The Morgan fingerprint density at radius 1 is 0.867 bits per heavy atom. The van der Waals surface area contributed by atoms with Gasteiger partial charge in [-0.3, -0.25) is 4.79 Å². The van der Waals surface area contributed by atoms with Crippen LogP contribution in [-0.2, 0) is 9.53 Å². The molecule has 6 nitrogen and oxygen atoms in total. The van der Waals surface area contributed by atoms with Crippen LogP contribution < -0.4 is 10.1 Å². The number of aldehydes is 1. The van der Waals surface area contributed by atoms with Crippen molar-refractivity contribution in [3.63, 3.8) is 0 Å². The predicted octanol–water partition coefficient (Wildman–Crippen LogP) is 3.94. The zero-order valence-corrected chi connectivity index (χ0v) is 16.0. The minimum absolute atomic E-state index is 0.0606. The summed E-state index contributed by atoms with van der Waals surface area (Å²) in [5, 5.41) is 2.39. The molecular formula is C24H19NO5. The van der Waals surface area contributed by atoms with Gasteiger partial charge in [-0.05, 0) is 34.4 Å². The molecule has 0 aromatic heterocycles. The van der Waals surface area contributed by atoms with E-state index in [1.807, 2.05) is 36.4 Å². The Kier molecular flexibility index (Phi) is 5.57. The summed E-state index contributed by atoms with van der Waals surface area (Å²) >= 11 is 0. The molecule has 3 aromatic carbocycles. The summed E-state index contributed by atoms with van der Waals surface area (Å²) in [5.41, 5.74) is 4.75. The lowest BCUT2D eigenvalue weighted by atomic mass is 9.98. The van der Waals surface area contributed by atoms with Crippen LogP contribution in [0.15, 0.2) is 72.8 Å². The SMILES string of the molecule is O=Cc1ccccc1OC(=O)CNC(=O)OCC1c2ccccc2-c2ccccc21. The molecule has 0 aliphatic heterocycles.